The van der Waals surface area contributed by atoms with E-state index in [4.69, 9.17) is 5.73 Å². The van der Waals surface area contributed by atoms with Gasteiger partial charge in [-0.25, -0.2) is 4.98 Å². The minimum atomic E-state index is 0.594. The molecule has 0 bridgehead atoms. The molecule has 12 heavy (non-hydrogen) atoms. The summed E-state index contributed by atoms with van der Waals surface area (Å²) in [5.74, 6) is 1.38. The van der Waals surface area contributed by atoms with Crippen LogP contribution in [0.3, 0.4) is 0 Å². The van der Waals surface area contributed by atoms with Crippen molar-refractivity contribution in [3.8, 4) is 0 Å². The summed E-state index contributed by atoms with van der Waals surface area (Å²) < 4.78 is 0. The molecule has 1 heterocycles. The molecule has 64 valence electrons. The molecule has 2 rings (SSSR count). The second kappa shape index (κ2) is 2.66. The summed E-state index contributed by atoms with van der Waals surface area (Å²) in [7, 11) is 0. The Bertz CT molecular complexity index is 285. The quantitative estimate of drug-likeness (QED) is 0.694. The normalized spacial score (nSPS) is 26.8. The van der Waals surface area contributed by atoms with Crippen LogP contribution in [0.4, 0.5) is 11.5 Å². The van der Waals surface area contributed by atoms with Crippen LogP contribution in [-0.4, -0.2) is 11.0 Å². The van der Waals surface area contributed by atoms with Crippen LogP contribution in [0.1, 0.15) is 13.3 Å². The van der Waals surface area contributed by atoms with Gasteiger partial charge < -0.3 is 11.1 Å². The van der Waals surface area contributed by atoms with Gasteiger partial charge in [0.1, 0.15) is 5.82 Å². The zero-order chi connectivity index (χ0) is 8.55. The number of hydrogen-bond acceptors (Lipinski definition) is 3. The molecular formula is C9H13N3. The first-order chi connectivity index (χ1) is 5.77. The molecule has 0 spiro atoms. The molecular weight excluding hydrogens is 150 g/mol. The van der Waals surface area contributed by atoms with E-state index in [1.165, 1.54) is 6.42 Å². The molecule has 1 fully saturated rings. The standard InChI is InChI=1S/C9H13N3/c1-6-5-8(6)12-7-3-2-4-11-9(7)10/h2-4,6,8,12H,5H2,1H3,(H2,10,11). The lowest BCUT2D eigenvalue weighted by molar-refractivity contribution is 0.929. The van der Waals surface area contributed by atoms with Crippen molar-refractivity contribution >= 4 is 11.5 Å². The van der Waals surface area contributed by atoms with Gasteiger partial charge in [-0.2, -0.15) is 0 Å². The fourth-order valence-electron chi connectivity index (χ4n) is 1.26. The van der Waals surface area contributed by atoms with Gasteiger partial charge in [0.05, 0.1) is 5.69 Å². The van der Waals surface area contributed by atoms with E-state index in [2.05, 4.69) is 17.2 Å². The van der Waals surface area contributed by atoms with Gasteiger partial charge in [0.15, 0.2) is 0 Å². The maximum atomic E-state index is 5.67. The molecule has 0 radical (unpaired) electrons. The fraction of sp³-hybridized carbons (Fsp3) is 0.444. The lowest BCUT2D eigenvalue weighted by atomic mass is 10.3. The molecule has 0 saturated heterocycles. The lowest BCUT2D eigenvalue weighted by Crippen LogP contribution is -2.06. The van der Waals surface area contributed by atoms with Gasteiger partial charge >= 0.3 is 0 Å². The summed E-state index contributed by atoms with van der Waals surface area (Å²) in [6.07, 6.45) is 2.95. The largest absolute Gasteiger partial charge is 0.382 e. The molecule has 3 heteroatoms. The van der Waals surface area contributed by atoms with Crippen molar-refractivity contribution in [2.75, 3.05) is 11.1 Å². The van der Waals surface area contributed by atoms with Gasteiger partial charge in [-0.05, 0) is 24.5 Å². The van der Waals surface area contributed by atoms with E-state index in [0.717, 1.165) is 11.6 Å². The average molecular weight is 163 g/mol. The molecule has 1 aromatic rings. The molecule has 1 saturated carbocycles. The summed E-state index contributed by atoms with van der Waals surface area (Å²) >= 11 is 0. The number of aromatic nitrogens is 1. The third-order valence-corrected chi connectivity index (χ3v) is 2.29. The van der Waals surface area contributed by atoms with E-state index in [1.54, 1.807) is 6.20 Å². The van der Waals surface area contributed by atoms with Crippen molar-refractivity contribution in [2.24, 2.45) is 5.92 Å². The van der Waals surface area contributed by atoms with Gasteiger partial charge in [-0.15, -0.1) is 0 Å². The van der Waals surface area contributed by atoms with Gasteiger partial charge in [0.2, 0.25) is 0 Å². The van der Waals surface area contributed by atoms with Gasteiger partial charge in [0, 0.05) is 12.2 Å². The molecule has 0 amide bonds. The Morgan fingerprint density at radius 3 is 3.00 bits per heavy atom. The first-order valence-corrected chi connectivity index (χ1v) is 4.24. The van der Waals surface area contributed by atoms with Crippen LogP contribution in [0.15, 0.2) is 18.3 Å². The smallest absolute Gasteiger partial charge is 0.146 e. The topological polar surface area (TPSA) is 50.9 Å². The van der Waals surface area contributed by atoms with E-state index >= 15 is 0 Å². The zero-order valence-corrected chi connectivity index (χ0v) is 7.12. The third kappa shape index (κ3) is 1.35. The number of pyridine rings is 1. The van der Waals surface area contributed by atoms with E-state index < -0.39 is 0 Å². The van der Waals surface area contributed by atoms with Crippen LogP contribution < -0.4 is 11.1 Å². The summed E-state index contributed by atoms with van der Waals surface area (Å²) in [6.45, 7) is 2.23. The predicted molar refractivity (Wildman–Crippen MR) is 49.8 cm³/mol. The summed E-state index contributed by atoms with van der Waals surface area (Å²) in [5, 5.41) is 3.35. The number of anilines is 2. The van der Waals surface area contributed by atoms with E-state index in [0.29, 0.717) is 11.9 Å². The molecule has 3 nitrogen and oxygen atoms in total. The highest BCUT2D eigenvalue weighted by Crippen LogP contribution is 2.33. The monoisotopic (exact) mass is 163 g/mol. The fourth-order valence-corrected chi connectivity index (χ4v) is 1.26. The highest BCUT2D eigenvalue weighted by molar-refractivity contribution is 5.61. The Morgan fingerprint density at radius 1 is 1.67 bits per heavy atom. The number of nitrogens with two attached hydrogens (primary N) is 1. The molecule has 2 unspecified atom stereocenters. The second-order valence-electron chi connectivity index (χ2n) is 3.40. The molecule has 1 aromatic heterocycles. The lowest BCUT2D eigenvalue weighted by Gasteiger charge is -2.06. The maximum Gasteiger partial charge on any atom is 0.146 e. The van der Waals surface area contributed by atoms with E-state index in [9.17, 15) is 0 Å². The first-order valence-electron chi connectivity index (χ1n) is 4.24. The van der Waals surface area contributed by atoms with Crippen molar-refractivity contribution in [1.29, 1.82) is 0 Å². The highest BCUT2D eigenvalue weighted by atomic mass is 15.0. The molecule has 3 N–H and O–H groups in total. The van der Waals surface area contributed by atoms with Crippen LogP contribution in [0.5, 0.6) is 0 Å². The average Bonchev–Trinajstić information content (AvgIpc) is 2.72. The van der Waals surface area contributed by atoms with Crippen molar-refractivity contribution in [1.82, 2.24) is 4.98 Å². The number of hydrogen-bond donors (Lipinski definition) is 2. The summed E-state index contributed by atoms with van der Waals surface area (Å²) in [5.41, 5.74) is 6.63. The van der Waals surface area contributed by atoms with Gasteiger partial charge in [-0.1, -0.05) is 6.92 Å². The van der Waals surface area contributed by atoms with Gasteiger partial charge in [0.25, 0.3) is 0 Å². The van der Waals surface area contributed by atoms with Crippen molar-refractivity contribution in [2.45, 2.75) is 19.4 Å². The SMILES string of the molecule is CC1CC1Nc1cccnc1N. The van der Waals surface area contributed by atoms with Crippen LogP contribution >= 0.6 is 0 Å². The minimum Gasteiger partial charge on any atom is -0.382 e. The number of nitrogens with zero attached hydrogens (tertiary/aromatic N) is 1. The Hall–Kier alpha value is -1.25. The Morgan fingerprint density at radius 2 is 2.42 bits per heavy atom. The maximum absolute atomic E-state index is 5.67. The van der Waals surface area contributed by atoms with E-state index in [1.807, 2.05) is 12.1 Å². The van der Waals surface area contributed by atoms with Crippen LogP contribution in [0.2, 0.25) is 0 Å². The van der Waals surface area contributed by atoms with Crippen molar-refractivity contribution in [3.63, 3.8) is 0 Å². The Labute approximate surface area is 72.0 Å². The Kier molecular flexibility index (Phi) is 1.64. The van der Waals surface area contributed by atoms with E-state index in [-0.39, 0.29) is 0 Å². The zero-order valence-electron chi connectivity index (χ0n) is 7.12. The summed E-state index contributed by atoms with van der Waals surface area (Å²) in [6, 6.07) is 4.47. The van der Waals surface area contributed by atoms with Crippen LogP contribution in [-0.2, 0) is 0 Å². The first kappa shape index (κ1) is 7.40. The Balaban J connectivity index is 2.08. The predicted octanol–water partition coefficient (Wildman–Crippen LogP) is 1.48. The van der Waals surface area contributed by atoms with Crippen LogP contribution in [0, 0.1) is 5.92 Å². The molecule has 0 aromatic carbocycles. The molecule has 1 aliphatic rings. The number of nitrogen functional groups attached to an aromatic ring is 1. The summed E-state index contributed by atoms with van der Waals surface area (Å²) in [4.78, 5) is 4.00. The van der Waals surface area contributed by atoms with Gasteiger partial charge in [-0.3, -0.25) is 0 Å². The number of rotatable bonds is 2. The highest BCUT2D eigenvalue weighted by Gasteiger charge is 2.32. The van der Waals surface area contributed by atoms with Crippen molar-refractivity contribution < 1.29 is 0 Å². The number of nitrogens with one attached hydrogen (secondary N) is 1. The van der Waals surface area contributed by atoms with Crippen LogP contribution in [0.25, 0.3) is 0 Å². The molecule has 1 aliphatic carbocycles. The third-order valence-electron chi connectivity index (χ3n) is 2.29. The molecule has 2 atom stereocenters. The second-order valence-corrected chi connectivity index (χ2v) is 3.40. The molecule has 0 aliphatic heterocycles. The van der Waals surface area contributed by atoms with Crippen molar-refractivity contribution in [3.05, 3.63) is 18.3 Å². The minimum absolute atomic E-state index is 0.594.